The summed E-state index contributed by atoms with van der Waals surface area (Å²) in [4.78, 5) is 14.8. The molecule has 0 aromatic carbocycles. The molecular formula is C52H102O22. The van der Waals surface area contributed by atoms with Crippen LogP contribution in [-0.2, 0) is 4.79 Å². The Morgan fingerprint density at radius 3 is 0.905 bits per heavy atom. The lowest BCUT2D eigenvalue weighted by molar-refractivity contribution is -0.290. The van der Waals surface area contributed by atoms with E-state index in [1.54, 1.807) is 0 Å². The minimum Gasteiger partial charge on any atom is -0.481 e. The van der Waals surface area contributed by atoms with Crippen molar-refractivity contribution in [3.63, 3.8) is 0 Å². The highest BCUT2D eigenvalue weighted by atomic mass is 16.4. The molecule has 0 radical (unpaired) electrons. The van der Waals surface area contributed by atoms with Gasteiger partial charge < -0.3 is 107 Å². The normalized spacial score (nSPS) is 20.7. The highest BCUT2D eigenvalue weighted by Crippen LogP contribution is 2.77. The SMILES string of the molecule is CCCCCCCC/C=C\CCCCCCC(CC(O)CO)(CC(O)CO)C(CC(O)CO)(CC(O)CO)C(CC(O)CO)(CC(O)CO)C(CC(O)CO)(CC(O)CO)C(CC(O)CO)(CC(O)CO)C(=O)O. The first-order valence-electron chi connectivity index (χ1n) is 26.8. The Bertz CT molecular complexity index is 1380. The first-order valence-corrected chi connectivity index (χ1v) is 26.8. The Labute approximate surface area is 438 Å². The molecule has 0 rings (SSSR count). The second-order valence-corrected chi connectivity index (χ2v) is 21.3. The van der Waals surface area contributed by atoms with Crippen molar-refractivity contribution in [2.75, 3.05) is 66.1 Å². The molecule has 74 heavy (non-hydrogen) atoms. The molecule has 10 atom stereocenters. The molecule has 0 aromatic rings. The van der Waals surface area contributed by atoms with Gasteiger partial charge in [0.1, 0.15) is 0 Å². The molecule has 0 aliphatic carbocycles. The van der Waals surface area contributed by atoms with Gasteiger partial charge in [0.2, 0.25) is 0 Å². The predicted octanol–water partition coefficient (Wildman–Crippen LogP) is -1.92. The zero-order valence-corrected chi connectivity index (χ0v) is 44.1. The standard InChI is InChI=1S/C52H102O22/c1-2-3-4-5-6-7-8-9-10-11-12-13-14-15-16-48(17-37(63)27-53,18-38(64)28-54)50(21-41(67)31-57,22-42(68)32-58)52(25-45(71)35-61,26-46(72)36-62)51(23-43(69)33-59,24-44(70)34-60)49(47(73)74,19-39(65)29-55)20-40(66)30-56/h9-10,37-46,53-72H,2-8,11-36H2,1H3,(H,73,74)/b10-9-. The highest BCUT2D eigenvalue weighted by Gasteiger charge is 2.76. The highest BCUT2D eigenvalue weighted by molar-refractivity contribution is 5.76. The number of aliphatic hydroxyl groups excluding tert-OH is 20. The summed E-state index contributed by atoms with van der Waals surface area (Å²) in [5, 5.41) is 238. The molecule has 0 saturated heterocycles. The summed E-state index contributed by atoms with van der Waals surface area (Å²) in [6, 6.07) is 0. The van der Waals surface area contributed by atoms with E-state index in [1.165, 1.54) is 12.8 Å². The molecule has 0 aromatic heterocycles. The Hall–Kier alpha value is -1.59. The average Bonchev–Trinajstić information content (AvgIpc) is 3.38. The van der Waals surface area contributed by atoms with Gasteiger partial charge in [-0.3, -0.25) is 4.79 Å². The molecule has 0 aliphatic rings. The van der Waals surface area contributed by atoms with Gasteiger partial charge in [-0.15, -0.1) is 0 Å². The van der Waals surface area contributed by atoms with Gasteiger partial charge in [-0.1, -0.05) is 70.4 Å². The van der Waals surface area contributed by atoms with Crippen molar-refractivity contribution < 1.29 is 112 Å². The lowest BCUT2D eigenvalue weighted by atomic mass is 9.31. The molecule has 22 heteroatoms. The molecule has 0 spiro atoms. The van der Waals surface area contributed by atoms with Crippen LogP contribution in [0.2, 0.25) is 0 Å². The zero-order valence-electron chi connectivity index (χ0n) is 44.1. The van der Waals surface area contributed by atoms with Crippen LogP contribution >= 0.6 is 0 Å². The van der Waals surface area contributed by atoms with Gasteiger partial charge in [0.05, 0.1) is 133 Å². The van der Waals surface area contributed by atoms with Crippen molar-refractivity contribution in [2.45, 2.75) is 216 Å². The van der Waals surface area contributed by atoms with E-state index in [4.69, 9.17) is 0 Å². The number of hydrogen-bond acceptors (Lipinski definition) is 21. The number of allylic oxidation sites excluding steroid dienone is 2. The lowest BCUT2D eigenvalue weighted by Gasteiger charge is -2.73. The van der Waals surface area contributed by atoms with Crippen molar-refractivity contribution >= 4 is 5.97 Å². The van der Waals surface area contributed by atoms with Gasteiger partial charge in [0.15, 0.2) is 0 Å². The molecule has 22 nitrogen and oxygen atoms in total. The van der Waals surface area contributed by atoms with Crippen LogP contribution in [0.3, 0.4) is 0 Å². The van der Waals surface area contributed by atoms with Crippen LogP contribution in [-0.4, -0.2) is 240 Å². The molecule has 21 N–H and O–H groups in total. The number of carboxylic acids is 1. The van der Waals surface area contributed by atoms with Gasteiger partial charge in [-0.25, -0.2) is 0 Å². The summed E-state index contributed by atoms with van der Waals surface area (Å²) in [6.45, 7) is -9.71. The van der Waals surface area contributed by atoms with E-state index in [1.807, 2.05) is 0 Å². The van der Waals surface area contributed by atoms with Gasteiger partial charge in [-0.05, 0) is 118 Å². The summed E-state index contributed by atoms with van der Waals surface area (Å²) < 4.78 is 0. The van der Waals surface area contributed by atoms with Crippen molar-refractivity contribution in [1.29, 1.82) is 0 Å². The fourth-order valence-corrected chi connectivity index (χ4v) is 13.0. The van der Waals surface area contributed by atoms with E-state index in [2.05, 4.69) is 19.1 Å². The van der Waals surface area contributed by atoms with Crippen molar-refractivity contribution in [1.82, 2.24) is 0 Å². The van der Waals surface area contributed by atoms with E-state index in [0.29, 0.717) is 25.7 Å². The number of aliphatic carboxylic acids is 1. The van der Waals surface area contributed by atoms with Gasteiger partial charge in [0.25, 0.3) is 0 Å². The van der Waals surface area contributed by atoms with E-state index < -0.39 is 224 Å². The number of carboxylic acid groups (broad SMARTS) is 1. The van der Waals surface area contributed by atoms with Gasteiger partial charge in [-0.2, -0.15) is 0 Å². The Balaban J connectivity index is 9.87. The van der Waals surface area contributed by atoms with Crippen LogP contribution in [0.1, 0.15) is 155 Å². The molecule has 0 aliphatic heterocycles. The maximum Gasteiger partial charge on any atom is 0.310 e. The molecule has 0 amide bonds. The number of aliphatic hydroxyl groups is 20. The topological polar surface area (TPSA) is 442 Å². The molecule has 0 bridgehead atoms. The quantitative estimate of drug-likeness (QED) is 0.0233. The number of unbranched alkanes of at least 4 members (excludes halogenated alkanes) is 10. The fourth-order valence-electron chi connectivity index (χ4n) is 13.0. The number of hydrogen-bond donors (Lipinski definition) is 21. The Morgan fingerprint density at radius 2 is 0.595 bits per heavy atom. The molecule has 442 valence electrons. The molecule has 0 heterocycles. The first kappa shape index (κ1) is 72.4. The van der Waals surface area contributed by atoms with Crippen LogP contribution in [0.15, 0.2) is 12.2 Å². The number of rotatable bonds is 49. The lowest BCUT2D eigenvalue weighted by Crippen LogP contribution is -2.72. The van der Waals surface area contributed by atoms with Crippen LogP contribution in [0.5, 0.6) is 0 Å². The second kappa shape index (κ2) is 38.1. The van der Waals surface area contributed by atoms with E-state index in [-0.39, 0.29) is 12.8 Å². The van der Waals surface area contributed by atoms with Gasteiger partial charge >= 0.3 is 5.97 Å². The minimum absolute atomic E-state index is 0.0766. The third-order valence-electron chi connectivity index (χ3n) is 15.9. The molecular weight excluding hydrogens is 977 g/mol. The van der Waals surface area contributed by atoms with Crippen LogP contribution in [0, 0.1) is 27.1 Å². The monoisotopic (exact) mass is 1080 g/mol. The van der Waals surface area contributed by atoms with Crippen LogP contribution in [0.4, 0.5) is 0 Å². The number of carbonyl (C=O) groups is 1. The van der Waals surface area contributed by atoms with Crippen molar-refractivity contribution in [2.24, 2.45) is 27.1 Å². The third-order valence-corrected chi connectivity index (χ3v) is 15.9. The predicted molar refractivity (Wildman–Crippen MR) is 272 cm³/mol. The smallest absolute Gasteiger partial charge is 0.310 e. The summed E-state index contributed by atoms with van der Waals surface area (Å²) in [6.07, 6.45) is -17.6. The molecule has 0 saturated carbocycles. The Morgan fingerprint density at radius 1 is 0.338 bits per heavy atom. The van der Waals surface area contributed by atoms with Crippen molar-refractivity contribution in [3.05, 3.63) is 12.2 Å². The zero-order chi connectivity index (χ0) is 56.6. The Kier molecular flexibility index (Phi) is 37.3. The maximum atomic E-state index is 14.8. The summed E-state index contributed by atoms with van der Waals surface area (Å²) in [5.41, 5.74) is -13.9. The van der Waals surface area contributed by atoms with Gasteiger partial charge in [0, 0.05) is 0 Å². The minimum atomic E-state index is -3.12. The first-order chi connectivity index (χ1) is 35.0. The van der Waals surface area contributed by atoms with Crippen LogP contribution < -0.4 is 0 Å². The summed E-state index contributed by atoms with van der Waals surface area (Å²) in [5.74, 6) is -2.05. The van der Waals surface area contributed by atoms with E-state index >= 15 is 0 Å². The summed E-state index contributed by atoms with van der Waals surface area (Å²) >= 11 is 0. The van der Waals surface area contributed by atoms with E-state index in [0.717, 1.165) is 32.1 Å². The maximum absolute atomic E-state index is 14.8. The third kappa shape index (κ3) is 20.9. The fraction of sp³-hybridized carbons (Fsp3) is 0.942. The second-order valence-electron chi connectivity index (χ2n) is 21.3. The molecule has 10 unspecified atom stereocenters. The van der Waals surface area contributed by atoms with Crippen LogP contribution in [0.25, 0.3) is 0 Å². The average molecular weight is 1080 g/mol. The largest absolute Gasteiger partial charge is 0.481 e. The van der Waals surface area contributed by atoms with E-state index in [9.17, 15) is 112 Å². The molecule has 0 fully saturated rings. The van der Waals surface area contributed by atoms with Crippen molar-refractivity contribution in [3.8, 4) is 0 Å². The summed E-state index contributed by atoms with van der Waals surface area (Å²) in [7, 11) is 0.